The van der Waals surface area contributed by atoms with E-state index in [0.717, 1.165) is 17.8 Å². The largest absolute Gasteiger partial charge is 0.301 e. The third-order valence-electron chi connectivity index (χ3n) is 3.61. The fraction of sp³-hybridized carbons (Fsp3) is 1.00. The van der Waals surface area contributed by atoms with Crippen LogP contribution in [0.15, 0.2) is 0 Å². The van der Waals surface area contributed by atoms with E-state index in [1.807, 2.05) is 0 Å². The quantitative estimate of drug-likeness (QED) is 0.616. The van der Waals surface area contributed by atoms with Crippen LogP contribution in [0.2, 0.25) is 0 Å². The van der Waals surface area contributed by atoms with E-state index in [1.165, 1.54) is 25.7 Å². The van der Waals surface area contributed by atoms with Gasteiger partial charge in [0.25, 0.3) is 0 Å². The molecule has 64 valence electrons. The highest BCUT2D eigenvalue weighted by atomic mass is 16.6. The Kier molecular flexibility index (Phi) is 1.90. The summed E-state index contributed by atoms with van der Waals surface area (Å²) in [6.07, 6.45) is 5.97. The summed E-state index contributed by atoms with van der Waals surface area (Å²) in [5, 5.41) is 0. The number of hydrogen-bond acceptors (Lipinski definition) is 2. The van der Waals surface area contributed by atoms with Gasteiger partial charge in [-0.05, 0) is 43.9 Å². The van der Waals surface area contributed by atoms with Gasteiger partial charge in [0, 0.05) is 0 Å². The van der Waals surface area contributed by atoms with Crippen molar-refractivity contribution in [3.63, 3.8) is 0 Å². The van der Waals surface area contributed by atoms with Crippen LogP contribution in [0.3, 0.4) is 0 Å². The molecule has 0 radical (unpaired) electrons. The van der Waals surface area contributed by atoms with Crippen molar-refractivity contribution >= 4 is 0 Å². The van der Waals surface area contributed by atoms with E-state index in [-0.39, 0.29) is 6.10 Å². The van der Waals surface area contributed by atoms with Gasteiger partial charge in [-0.2, -0.15) is 0 Å². The van der Waals surface area contributed by atoms with Gasteiger partial charge in [-0.25, -0.2) is 5.90 Å². The van der Waals surface area contributed by atoms with Crippen LogP contribution in [0, 0.1) is 17.8 Å². The molecule has 0 aromatic heterocycles. The summed E-state index contributed by atoms with van der Waals surface area (Å²) in [4.78, 5) is 4.89. The molecule has 4 unspecified atom stereocenters. The molecule has 0 aromatic carbocycles. The maximum Gasteiger partial charge on any atom is 0.0790 e. The molecule has 2 fully saturated rings. The van der Waals surface area contributed by atoms with E-state index in [1.54, 1.807) is 0 Å². The average Bonchev–Trinajstić information content (AvgIpc) is 2.62. The van der Waals surface area contributed by atoms with Gasteiger partial charge in [0.1, 0.15) is 0 Å². The van der Waals surface area contributed by atoms with Crippen molar-refractivity contribution in [2.45, 2.75) is 38.7 Å². The predicted molar refractivity (Wildman–Crippen MR) is 43.7 cm³/mol. The smallest absolute Gasteiger partial charge is 0.0790 e. The highest BCUT2D eigenvalue weighted by Crippen LogP contribution is 2.49. The molecule has 0 amide bonds. The summed E-state index contributed by atoms with van der Waals surface area (Å²) in [6, 6.07) is 0. The summed E-state index contributed by atoms with van der Waals surface area (Å²) < 4.78 is 0. The molecule has 0 heterocycles. The van der Waals surface area contributed by atoms with Crippen LogP contribution in [0.1, 0.15) is 32.6 Å². The third kappa shape index (κ3) is 1.18. The van der Waals surface area contributed by atoms with Crippen molar-refractivity contribution in [3.8, 4) is 0 Å². The summed E-state index contributed by atoms with van der Waals surface area (Å²) in [5.74, 6) is 7.88. The molecule has 2 rings (SSSR count). The zero-order chi connectivity index (χ0) is 7.84. The van der Waals surface area contributed by atoms with Crippen molar-refractivity contribution in [3.05, 3.63) is 0 Å². The molecule has 0 aliphatic heterocycles. The Bertz CT molecular complexity index is 148. The normalized spacial score (nSPS) is 44.7. The lowest BCUT2D eigenvalue weighted by Crippen LogP contribution is -2.27. The second kappa shape index (κ2) is 2.76. The SMILES string of the molecule is CC(ON)C1CC2CCC1C2. The van der Waals surface area contributed by atoms with Gasteiger partial charge in [-0.15, -0.1) is 0 Å². The first-order valence-electron chi connectivity index (χ1n) is 4.66. The maximum absolute atomic E-state index is 5.18. The Morgan fingerprint density at radius 1 is 1.36 bits per heavy atom. The zero-order valence-corrected chi connectivity index (χ0v) is 7.12. The van der Waals surface area contributed by atoms with Crippen LogP contribution >= 0.6 is 0 Å². The minimum absolute atomic E-state index is 0.283. The molecule has 0 aromatic rings. The molecule has 0 saturated heterocycles. The molecule has 0 spiro atoms. The molecule has 4 atom stereocenters. The van der Waals surface area contributed by atoms with E-state index >= 15 is 0 Å². The maximum atomic E-state index is 5.18. The van der Waals surface area contributed by atoms with Crippen LogP contribution in [-0.4, -0.2) is 6.10 Å². The molecule has 2 aliphatic rings. The Balaban J connectivity index is 1.96. The van der Waals surface area contributed by atoms with E-state index < -0.39 is 0 Å². The van der Waals surface area contributed by atoms with Gasteiger partial charge in [0.15, 0.2) is 0 Å². The average molecular weight is 155 g/mol. The molecular formula is C9H17NO. The molecule has 2 N–H and O–H groups in total. The fourth-order valence-corrected chi connectivity index (χ4v) is 2.97. The van der Waals surface area contributed by atoms with Gasteiger partial charge >= 0.3 is 0 Å². The van der Waals surface area contributed by atoms with Crippen LogP contribution in [0.4, 0.5) is 0 Å². The van der Waals surface area contributed by atoms with Gasteiger partial charge in [0.2, 0.25) is 0 Å². The first kappa shape index (κ1) is 7.56. The first-order valence-corrected chi connectivity index (χ1v) is 4.66. The summed E-state index contributed by atoms with van der Waals surface area (Å²) in [5.41, 5.74) is 0. The highest BCUT2D eigenvalue weighted by molar-refractivity contribution is 4.92. The van der Waals surface area contributed by atoms with E-state index in [2.05, 4.69) is 6.92 Å². The highest BCUT2D eigenvalue weighted by Gasteiger charge is 2.42. The van der Waals surface area contributed by atoms with E-state index in [4.69, 9.17) is 10.7 Å². The number of hydrogen-bond donors (Lipinski definition) is 1. The summed E-state index contributed by atoms with van der Waals surface area (Å²) in [7, 11) is 0. The monoisotopic (exact) mass is 155 g/mol. The Morgan fingerprint density at radius 2 is 2.18 bits per heavy atom. The van der Waals surface area contributed by atoms with Crippen LogP contribution < -0.4 is 5.90 Å². The minimum Gasteiger partial charge on any atom is -0.301 e. The van der Waals surface area contributed by atoms with Crippen molar-refractivity contribution in [2.24, 2.45) is 23.7 Å². The number of nitrogens with two attached hydrogens (primary N) is 1. The molecule has 2 bridgehead atoms. The summed E-state index contributed by atoms with van der Waals surface area (Å²) >= 11 is 0. The molecule has 2 heteroatoms. The minimum atomic E-state index is 0.283. The topological polar surface area (TPSA) is 35.2 Å². The van der Waals surface area contributed by atoms with Gasteiger partial charge < -0.3 is 4.84 Å². The third-order valence-corrected chi connectivity index (χ3v) is 3.61. The van der Waals surface area contributed by atoms with Gasteiger partial charge in [-0.1, -0.05) is 6.42 Å². The Morgan fingerprint density at radius 3 is 2.64 bits per heavy atom. The lowest BCUT2D eigenvalue weighted by molar-refractivity contribution is 0.00555. The van der Waals surface area contributed by atoms with Gasteiger partial charge in [0.05, 0.1) is 6.10 Å². The lowest BCUT2D eigenvalue weighted by atomic mass is 9.85. The fourth-order valence-electron chi connectivity index (χ4n) is 2.97. The van der Waals surface area contributed by atoms with Crippen LogP contribution in [-0.2, 0) is 4.84 Å². The lowest BCUT2D eigenvalue weighted by Gasteiger charge is -2.25. The van der Waals surface area contributed by atoms with Gasteiger partial charge in [-0.3, -0.25) is 0 Å². The Labute approximate surface area is 68.1 Å². The molecule has 2 saturated carbocycles. The van der Waals surface area contributed by atoms with Crippen LogP contribution in [0.25, 0.3) is 0 Å². The number of fused-ring (bicyclic) bond motifs is 2. The summed E-state index contributed by atoms with van der Waals surface area (Å²) in [6.45, 7) is 2.10. The predicted octanol–water partition coefficient (Wildman–Crippen LogP) is 1.70. The van der Waals surface area contributed by atoms with E-state index in [0.29, 0.717) is 0 Å². The van der Waals surface area contributed by atoms with Crippen LogP contribution in [0.5, 0.6) is 0 Å². The van der Waals surface area contributed by atoms with Crippen molar-refractivity contribution in [1.82, 2.24) is 0 Å². The number of rotatable bonds is 2. The Hall–Kier alpha value is -0.0800. The molecule has 2 aliphatic carbocycles. The van der Waals surface area contributed by atoms with Crippen molar-refractivity contribution in [1.29, 1.82) is 0 Å². The standard InChI is InChI=1S/C9H17NO/c1-6(11-10)9-5-7-2-3-8(9)4-7/h6-9H,2-5,10H2,1H3. The second-order valence-electron chi connectivity index (χ2n) is 4.18. The molecular weight excluding hydrogens is 138 g/mol. The molecule has 2 nitrogen and oxygen atoms in total. The molecule has 11 heavy (non-hydrogen) atoms. The van der Waals surface area contributed by atoms with Crippen molar-refractivity contribution < 1.29 is 4.84 Å². The van der Waals surface area contributed by atoms with Crippen molar-refractivity contribution in [2.75, 3.05) is 0 Å². The first-order chi connectivity index (χ1) is 5.31. The van der Waals surface area contributed by atoms with E-state index in [9.17, 15) is 0 Å². The zero-order valence-electron chi connectivity index (χ0n) is 7.12. The second-order valence-corrected chi connectivity index (χ2v) is 4.18.